The van der Waals surface area contributed by atoms with Crippen molar-refractivity contribution in [1.29, 1.82) is 0 Å². The van der Waals surface area contributed by atoms with E-state index in [2.05, 4.69) is 10.2 Å². The summed E-state index contributed by atoms with van der Waals surface area (Å²) in [5, 5.41) is 3.25. The highest BCUT2D eigenvalue weighted by Gasteiger charge is 2.27. The Balaban J connectivity index is 2.23. The summed E-state index contributed by atoms with van der Waals surface area (Å²) in [4.78, 5) is 2.12. The standard InChI is InChI=1S/C13H19FN2O/c1-16(2)7-6-9-8-15-10-4-5-11(17-3)13(14)12(9)10/h4-5,9,15H,6-8H2,1-3H3/t9-/m1/s1. The number of hydrogen-bond donors (Lipinski definition) is 1. The lowest BCUT2D eigenvalue weighted by molar-refractivity contribution is 0.372. The molecule has 1 aliphatic rings. The third kappa shape index (κ3) is 2.36. The molecular weight excluding hydrogens is 219 g/mol. The molecule has 0 radical (unpaired) electrons. The summed E-state index contributed by atoms with van der Waals surface area (Å²) in [5.41, 5.74) is 1.69. The largest absolute Gasteiger partial charge is 0.494 e. The molecule has 0 aliphatic carbocycles. The first kappa shape index (κ1) is 12.2. The van der Waals surface area contributed by atoms with Crippen LogP contribution in [0.2, 0.25) is 0 Å². The fourth-order valence-corrected chi connectivity index (χ4v) is 2.28. The van der Waals surface area contributed by atoms with Crippen molar-refractivity contribution < 1.29 is 9.13 Å². The van der Waals surface area contributed by atoms with E-state index >= 15 is 0 Å². The highest BCUT2D eigenvalue weighted by atomic mass is 19.1. The van der Waals surface area contributed by atoms with Crippen molar-refractivity contribution in [1.82, 2.24) is 4.90 Å². The predicted molar refractivity (Wildman–Crippen MR) is 67.4 cm³/mol. The normalized spacial score (nSPS) is 18.1. The van der Waals surface area contributed by atoms with E-state index in [9.17, 15) is 4.39 Å². The average Bonchev–Trinajstić information content (AvgIpc) is 2.71. The van der Waals surface area contributed by atoms with Crippen LogP contribution < -0.4 is 10.1 Å². The number of nitrogens with one attached hydrogen (secondary N) is 1. The molecule has 1 aromatic carbocycles. The van der Waals surface area contributed by atoms with E-state index in [1.54, 1.807) is 6.07 Å². The number of nitrogens with zero attached hydrogens (tertiary/aromatic N) is 1. The van der Waals surface area contributed by atoms with E-state index in [4.69, 9.17) is 4.74 Å². The third-order valence-corrected chi connectivity index (χ3v) is 3.24. The summed E-state index contributed by atoms with van der Waals surface area (Å²) >= 11 is 0. The van der Waals surface area contributed by atoms with Crippen LogP contribution in [0.25, 0.3) is 0 Å². The molecule has 0 amide bonds. The van der Waals surface area contributed by atoms with E-state index in [1.165, 1.54) is 7.11 Å². The first-order valence-electron chi connectivity index (χ1n) is 5.88. The quantitative estimate of drug-likeness (QED) is 0.871. The van der Waals surface area contributed by atoms with Crippen LogP contribution in [0.5, 0.6) is 5.75 Å². The molecule has 1 aromatic rings. The zero-order chi connectivity index (χ0) is 12.4. The van der Waals surface area contributed by atoms with Gasteiger partial charge in [0.05, 0.1) is 7.11 Å². The molecule has 1 atom stereocenters. The van der Waals surface area contributed by atoms with Crippen LogP contribution in [0.3, 0.4) is 0 Å². The summed E-state index contributed by atoms with van der Waals surface area (Å²) in [6, 6.07) is 3.57. The summed E-state index contributed by atoms with van der Waals surface area (Å²) in [6.45, 7) is 1.77. The molecule has 0 saturated heterocycles. The Hall–Kier alpha value is -1.29. The Kier molecular flexibility index (Phi) is 3.52. The van der Waals surface area contributed by atoms with Gasteiger partial charge in [0.1, 0.15) is 0 Å². The van der Waals surface area contributed by atoms with Crippen molar-refractivity contribution in [3.63, 3.8) is 0 Å². The minimum Gasteiger partial charge on any atom is -0.494 e. The van der Waals surface area contributed by atoms with E-state index < -0.39 is 0 Å². The van der Waals surface area contributed by atoms with Crippen molar-refractivity contribution in [2.75, 3.05) is 39.6 Å². The predicted octanol–water partition coefficient (Wildman–Crippen LogP) is 2.30. The minimum absolute atomic E-state index is 0.209. The number of fused-ring (bicyclic) bond motifs is 1. The maximum Gasteiger partial charge on any atom is 0.170 e. The second-order valence-electron chi connectivity index (χ2n) is 4.71. The Morgan fingerprint density at radius 1 is 1.47 bits per heavy atom. The van der Waals surface area contributed by atoms with Gasteiger partial charge >= 0.3 is 0 Å². The Morgan fingerprint density at radius 3 is 2.88 bits per heavy atom. The van der Waals surface area contributed by atoms with Gasteiger partial charge in [-0.05, 0) is 39.2 Å². The molecule has 0 aromatic heterocycles. The highest BCUT2D eigenvalue weighted by molar-refractivity contribution is 5.61. The Morgan fingerprint density at radius 2 is 2.24 bits per heavy atom. The summed E-state index contributed by atoms with van der Waals surface area (Å²) < 4.78 is 19.2. The molecule has 1 heterocycles. The van der Waals surface area contributed by atoms with Crippen LogP contribution >= 0.6 is 0 Å². The van der Waals surface area contributed by atoms with E-state index in [-0.39, 0.29) is 11.7 Å². The van der Waals surface area contributed by atoms with E-state index in [1.807, 2.05) is 20.2 Å². The molecule has 3 nitrogen and oxygen atoms in total. The molecule has 94 valence electrons. The molecule has 17 heavy (non-hydrogen) atoms. The molecule has 0 fully saturated rings. The lowest BCUT2D eigenvalue weighted by Gasteiger charge is -2.15. The van der Waals surface area contributed by atoms with Crippen molar-refractivity contribution in [3.05, 3.63) is 23.5 Å². The average molecular weight is 238 g/mol. The summed E-state index contributed by atoms with van der Waals surface area (Å²) in [6.07, 6.45) is 0.955. The fourth-order valence-electron chi connectivity index (χ4n) is 2.28. The maximum atomic E-state index is 14.2. The van der Waals surface area contributed by atoms with Crippen LogP contribution in [0.1, 0.15) is 17.9 Å². The molecule has 0 bridgehead atoms. The zero-order valence-electron chi connectivity index (χ0n) is 10.6. The molecule has 2 rings (SSSR count). The zero-order valence-corrected chi connectivity index (χ0v) is 10.6. The second-order valence-corrected chi connectivity index (χ2v) is 4.71. The van der Waals surface area contributed by atoms with Gasteiger partial charge in [0, 0.05) is 23.7 Å². The van der Waals surface area contributed by atoms with Gasteiger partial charge in [-0.3, -0.25) is 0 Å². The number of benzene rings is 1. The number of ether oxygens (including phenoxy) is 1. The van der Waals surface area contributed by atoms with Gasteiger partial charge in [-0.2, -0.15) is 0 Å². The van der Waals surface area contributed by atoms with E-state index in [0.29, 0.717) is 5.75 Å². The van der Waals surface area contributed by atoms with Gasteiger partial charge < -0.3 is 15.0 Å². The van der Waals surface area contributed by atoms with Gasteiger partial charge in [-0.15, -0.1) is 0 Å². The van der Waals surface area contributed by atoms with Crippen LogP contribution in [-0.2, 0) is 0 Å². The number of anilines is 1. The molecule has 0 spiro atoms. The van der Waals surface area contributed by atoms with Gasteiger partial charge in [0.15, 0.2) is 11.6 Å². The smallest absolute Gasteiger partial charge is 0.170 e. The SMILES string of the molecule is COc1ccc2c(c1F)[C@H](CCN(C)C)CN2. The first-order chi connectivity index (χ1) is 8.13. The summed E-state index contributed by atoms with van der Waals surface area (Å²) in [7, 11) is 5.57. The van der Waals surface area contributed by atoms with Crippen LogP contribution in [0.4, 0.5) is 10.1 Å². The first-order valence-corrected chi connectivity index (χ1v) is 5.88. The molecule has 1 N–H and O–H groups in total. The second kappa shape index (κ2) is 4.92. The minimum atomic E-state index is -0.209. The van der Waals surface area contributed by atoms with Crippen LogP contribution in [0, 0.1) is 5.82 Å². The van der Waals surface area contributed by atoms with Crippen molar-refractivity contribution in [2.24, 2.45) is 0 Å². The molecule has 1 aliphatic heterocycles. The molecule has 4 heteroatoms. The highest BCUT2D eigenvalue weighted by Crippen LogP contribution is 2.39. The van der Waals surface area contributed by atoms with Gasteiger partial charge in [-0.1, -0.05) is 0 Å². The van der Waals surface area contributed by atoms with Crippen LogP contribution in [0.15, 0.2) is 12.1 Å². The fraction of sp³-hybridized carbons (Fsp3) is 0.538. The van der Waals surface area contributed by atoms with Gasteiger partial charge in [0.2, 0.25) is 0 Å². The molecule has 0 unspecified atom stereocenters. The van der Waals surface area contributed by atoms with E-state index in [0.717, 1.165) is 30.8 Å². The monoisotopic (exact) mass is 238 g/mol. The van der Waals surface area contributed by atoms with Crippen LogP contribution in [-0.4, -0.2) is 39.2 Å². The molecule has 0 saturated carbocycles. The number of halogens is 1. The number of rotatable bonds is 4. The Bertz CT molecular complexity index is 407. The topological polar surface area (TPSA) is 24.5 Å². The lowest BCUT2D eigenvalue weighted by Crippen LogP contribution is -2.17. The van der Waals surface area contributed by atoms with Gasteiger partial charge in [-0.25, -0.2) is 4.39 Å². The van der Waals surface area contributed by atoms with Crippen molar-refractivity contribution in [2.45, 2.75) is 12.3 Å². The number of hydrogen-bond acceptors (Lipinski definition) is 3. The van der Waals surface area contributed by atoms with Gasteiger partial charge in [0.25, 0.3) is 0 Å². The molecular formula is C13H19FN2O. The van der Waals surface area contributed by atoms with Crippen molar-refractivity contribution >= 4 is 5.69 Å². The third-order valence-electron chi connectivity index (χ3n) is 3.24. The lowest BCUT2D eigenvalue weighted by atomic mass is 9.97. The Labute approximate surface area is 102 Å². The van der Waals surface area contributed by atoms with Crippen molar-refractivity contribution in [3.8, 4) is 5.75 Å². The number of methoxy groups -OCH3 is 1. The maximum absolute atomic E-state index is 14.2. The summed E-state index contributed by atoms with van der Waals surface area (Å²) in [5.74, 6) is 0.364.